The summed E-state index contributed by atoms with van der Waals surface area (Å²) in [6.07, 6.45) is 0.0331. The molecule has 7 heteroatoms. The largest absolute Gasteiger partial charge is 0.326 e. The third-order valence-corrected chi connectivity index (χ3v) is 3.72. The average Bonchev–Trinajstić information content (AvgIpc) is 2.58. The number of anilines is 2. The van der Waals surface area contributed by atoms with Gasteiger partial charge in [0.1, 0.15) is 5.82 Å². The van der Waals surface area contributed by atoms with Gasteiger partial charge in [0.05, 0.1) is 16.7 Å². The monoisotopic (exact) mass is 359 g/mol. The molecule has 0 atom stereocenters. The first-order valence-corrected chi connectivity index (χ1v) is 7.81. The number of hydrogen-bond acceptors (Lipinski definition) is 3. The van der Waals surface area contributed by atoms with Gasteiger partial charge in [0, 0.05) is 31.3 Å². The molecule has 2 aromatic rings. The Balaban J connectivity index is 2.03. The van der Waals surface area contributed by atoms with Crippen molar-refractivity contribution >= 4 is 34.8 Å². The lowest BCUT2D eigenvalue weighted by Gasteiger charge is -2.21. The van der Waals surface area contributed by atoms with Gasteiger partial charge in [-0.1, -0.05) is 17.7 Å². The Kier molecular flexibility index (Phi) is 6.09. The van der Waals surface area contributed by atoms with Gasteiger partial charge in [-0.15, -0.1) is 0 Å². The van der Waals surface area contributed by atoms with Gasteiger partial charge in [-0.25, -0.2) is 4.39 Å². The van der Waals surface area contributed by atoms with Crippen LogP contribution in [0.4, 0.5) is 15.8 Å². The van der Waals surface area contributed by atoms with Gasteiger partial charge in [0.2, 0.25) is 11.8 Å². The summed E-state index contributed by atoms with van der Waals surface area (Å²) in [5.41, 5.74) is 1.34. The molecule has 0 bridgehead atoms. The SMILES string of the molecule is CC(=O)N(CCC(=O)Nc1ccc(F)c(Cl)c1)c1cccc(C#N)c1. The van der Waals surface area contributed by atoms with Crippen LogP contribution >= 0.6 is 11.6 Å². The number of amides is 2. The van der Waals surface area contributed by atoms with Crippen LogP contribution in [0.1, 0.15) is 18.9 Å². The number of rotatable bonds is 5. The van der Waals surface area contributed by atoms with Crippen LogP contribution in [0.15, 0.2) is 42.5 Å². The molecule has 0 unspecified atom stereocenters. The van der Waals surface area contributed by atoms with Crippen LogP contribution in [0, 0.1) is 17.1 Å². The van der Waals surface area contributed by atoms with Crippen LogP contribution in [-0.4, -0.2) is 18.4 Å². The summed E-state index contributed by atoms with van der Waals surface area (Å²) in [6.45, 7) is 1.53. The van der Waals surface area contributed by atoms with Crippen molar-refractivity contribution in [3.63, 3.8) is 0 Å². The van der Waals surface area contributed by atoms with E-state index in [1.165, 1.54) is 24.0 Å². The predicted molar refractivity (Wildman–Crippen MR) is 93.8 cm³/mol. The second-order valence-electron chi connectivity index (χ2n) is 5.26. The number of carbonyl (C=O) groups excluding carboxylic acids is 2. The van der Waals surface area contributed by atoms with Crippen molar-refractivity contribution in [2.45, 2.75) is 13.3 Å². The maximum Gasteiger partial charge on any atom is 0.226 e. The molecule has 25 heavy (non-hydrogen) atoms. The Morgan fingerprint density at radius 2 is 2.04 bits per heavy atom. The zero-order valence-corrected chi connectivity index (χ0v) is 14.2. The normalized spacial score (nSPS) is 10.0. The molecule has 128 valence electrons. The van der Waals surface area contributed by atoms with Crippen LogP contribution in [0.2, 0.25) is 5.02 Å². The second-order valence-corrected chi connectivity index (χ2v) is 5.67. The third-order valence-electron chi connectivity index (χ3n) is 3.43. The zero-order valence-electron chi connectivity index (χ0n) is 13.4. The molecular formula is C18H15ClFN3O2. The topological polar surface area (TPSA) is 73.2 Å². The van der Waals surface area contributed by atoms with Gasteiger partial charge in [-0.05, 0) is 36.4 Å². The van der Waals surface area contributed by atoms with E-state index in [9.17, 15) is 14.0 Å². The third kappa shape index (κ3) is 5.03. The Bertz CT molecular complexity index is 848. The molecular weight excluding hydrogens is 345 g/mol. The van der Waals surface area contributed by atoms with Gasteiger partial charge in [-0.3, -0.25) is 9.59 Å². The van der Waals surface area contributed by atoms with E-state index in [2.05, 4.69) is 5.32 Å². The molecule has 0 saturated carbocycles. The first kappa shape index (κ1) is 18.4. The van der Waals surface area contributed by atoms with Gasteiger partial charge in [-0.2, -0.15) is 5.26 Å². The minimum absolute atomic E-state index is 0.0331. The maximum atomic E-state index is 13.1. The van der Waals surface area contributed by atoms with Gasteiger partial charge < -0.3 is 10.2 Å². The fourth-order valence-corrected chi connectivity index (χ4v) is 2.40. The Morgan fingerprint density at radius 3 is 2.68 bits per heavy atom. The molecule has 0 heterocycles. The minimum Gasteiger partial charge on any atom is -0.326 e. The highest BCUT2D eigenvalue weighted by Gasteiger charge is 2.14. The highest BCUT2D eigenvalue weighted by atomic mass is 35.5. The van der Waals surface area contributed by atoms with Crippen LogP contribution in [-0.2, 0) is 9.59 Å². The Labute approximate surface area is 149 Å². The summed E-state index contributed by atoms with van der Waals surface area (Å²) >= 11 is 5.67. The van der Waals surface area contributed by atoms with Crippen molar-refractivity contribution in [1.82, 2.24) is 0 Å². The molecule has 0 saturated heterocycles. The second kappa shape index (κ2) is 8.27. The lowest BCUT2D eigenvalue weighted by Crippen LogP contribution is -2.32. The molecule has 0 fully saturated rings. The fourth-order valence-electron chi connectivity index (χ4n) is 2.22. The minimum atomic E-state index is -0.570. The number of nitrogens with zero attached hydrogens (tertiary/aromatic N) is 2. The smallest absolute Gasteiger partial charge is 0.226 e. The standard InChI is InChI=1S/C18H15ClFN3O2/c1-12(24)23(15-4-2-3-13(9-15)11-21)8-7-18(25)22-14-5-6-17(20)16(19)10-14/h2-6,9-10H,7-8H2,1H3,(H,22,25). The highest BCUT2D eigenvalue weighted by Crippen LogP contribution is 2.20. The average molecular weight is 360 g/mol. The molecule has 0 spiro atoms. The number of benzene rings is 2. The van der Waals surface area contributed by atoms with Crippen molar-refractivity contribution in [3.05, 3.63) is 58.9 Å². The maximum absolute atomic E-state index is 13.1. The molecule has 0 aliphatic rings. The van der Waals surface area contributed by atoms with E-state index in [-0.39, 0.29) is 29.8 Å². The van der Waals surface area contributed by atoms with Gasteiger partial charge in [0.25, 0.3) is 0 Å². The number of nitrogens with one attached hydrogen (secondary N) is 1. The predicted octanol–water partition coefficient (Wildman–Crippen LogP) is 3.73. The van der Waals surface area contributed by atoms with E-state index in [0.717, 1.165) is 6.07 Å². The molecule has 0 aliphatic heterocycles. The number of carbonyl (C=O) groups is 2. The summed E-state index contributed by atoms with van der Waals surface area (Å²) in [7, 11) is 0. The lowest BCUT2D eigenvalue weighted by atomic mass is 10.2. The fraction of sp³-hybridized carbons (Fsp3) is 0.167. The van der Waals surface area contributed by atoms with E-state index < -0.39 is 5.82 Å². The number of nitriles is 1. The molecule has 2 rings (SSSR count). The van der Waals surface area contributed by atoms with Crippen molar-refractivity contribution in [3.8, 4) is 6.07 Å². The van der Waals surface area contributed by atoms with Crippen LogP contribution in [0.25, 0.3) is 0 Å². The van der Waals surface area contributed by atoms with Crippen molar-refractivity contribution in [1.29, 1.82) is 5.26 Å². The van der Waals surface area contributed by atoms with Crippen molar-refractivity contribution in [2.24, 2.45) is 0 Å². The van der Waals surface area contributed by atoms with E-state index in [1.54, 1.807) is 24.3 Å². The first-order chi connectivity index (χ1) is 11.9. The van der Waals surface area contributed by atoms with Crippen LogP contribution in [0.5, 0.6) is 0 Å². The van der Waals surface area contributed by atoms with Crippen LogP contribution in [0.3, 0.4) is 0 Å². The van der Waals surface area contributed by atoms with E-state index in [4.69, 9.17) is 16.9 Å². The quantitative estimate of drug-likeness (QED) is 0.883. The van der Waals surface area contributed by atoms with Crippen LogP contribution < -0.4 is 10.2 Å². The molecule has 2 amide bonds. The van der Waals surface area contributed by atoms with E-state index in [1.807, 2.05) is 6.07 Å². The molecule has 0 radical (unpaired) electrons. The molecule has 1 N–H and O–H groups in total. The van der Waals surface area contributed by atoms with Gasteiger partial charge in [0.15, 0.2) is 0 Å². The highest BCUT2D eigenvalue weighted by molar-refractivity contribution is 6.31. The van der Waals surface area contributed by atoms with Crippen molar-refractivity contribution in [2.75, 3.05) is 16.8 Å². The molecule has 0 aromatic heterocycles. The summed E-state index contributed by atoms with van der Waals surface area (Å²) in [5, 5.41) is 11.5. The molecule has 5 nitrogen and oxygen atoms in total. The van der Waals surface area contributed by atoms with Gasteiger partial charge >= 0.3 is 0 Å². The summed E-state index contributed by atoms with van der Waals surface area (Å²) < 4.78 is 13.1. The number of halogens is 2. The Morgan fingerprint density at radius 1 is 1.28 bits per heavy atom. The molecule has 2 aromatic carbocycles. The van der Waals surface area contributed by atoms with Crippen molar-refractivity contribution < 1.29 is 14.0 Å². The first-order valence-electron chi connectivity index (χ1n) is 7.44. The Hall–Kier alpha value is -2.91. The summed E-state index contributed by atoms with van der Waals surface area (Å²) in [5.74, 6) is -1.15. The lowest BCUT2D eigenvalue weighted by molar-refractivity contribution is -0.117. The summed E-state index contributed by atoms with van der Waals surface area (Å²) in [6, 6.07) is 12.5. The van der Waals surface area contributed by atoms with E-state index in [0.29, 0.717) is 16.9 Å². The summed E-state index contributed by atoms with van der Waals surface area (Å²) in [4.78, 5) is 25.3. The molecule has 0 aliphatic carbocycles. The van der Waals surface area contributed by atoms with E-state index >= 15 is 0 Å². The zero-order chi connectivity index (χ0) is 18.4. The number of hydrogen-bond donors (Lipinski definition) is 1.